The van der Waals surface area contributed by atoms with E-state index < -0.39 is 9.84 Å². The summed E-state index contributed by atoms with van der Waals surface area (Å²) in [5.74, 6) is 0.324. The number of aromatic nitrogens is 1. The van der Waals surface area contributed by atoms with Crippen molar-refractivity contribution in [1.82, 2.24) is 10.1 Å². The highest BCUT2D eigenvalue weighted by atomic mass is 32.2. The number of likely N-dealkylation sites (tertiary alicyclic amines) is 1. The molecule has 1 aliphatic rings. The molecule has 134 valence electrons. The Balaban J connectivity index is 1.66. The van der Waals surface area contributed by atoms with Gasteiger partial charge in [0.25, 0.3) is 0 Å². The maximum atomic E-state index is 12.6. The molecular weight excluding hydrogens is 340 g/mol. The fourth-order valence-electron chi connectivity index (χ4n) is 3.13. The van der Waals surface area contributed by atoms with E-state index in [1.54, 1.807) is 29.2 Å². The Morgan fingerprint density at radius 2 is 2.00 bits per heavy atom. The van der Waals surface area contributed by atoms with Crippen LogP contribution in [0, 0.1) is 13.8 Å². The van der Waals surface area contributed by atoms with Gasteiger partial charge >= 0.3 is 0 Å². The number of hydrogen-bond acceptors (Lipinski definition) is 5. The molecule has 3 rings (SSSR count). The van der Waals surface area contributed by atoms with Crippen LogP contribution < -0.4 is 0 Å². The van der Waals surface area contributed by atoms with Crippen molar-refractivity contribution in [2.45, 2.75) is 44.0 Å². The molecule has 2 heterocycles. The van der Waals surface area contributed by atoms with Crippen molar-refractivity contribution in [3.05, 3.63) is 47.3 Å². The van der Waals surface area contributed by atoms with Crippen LogP contribution in [-0.2, 0) is 14.6 Å². The minimum atomic E-state index is -3.46. The van der Waals surface area contributed by atoms with Crippen molar-refractivity contribution < 1.29 is 17.7 Å². The molecule has 1 fully saturated rings. The van der Waals surface area contributed by atoms with Crippen LogP contribution in [0.2, 0.25) is 0 Å². The van der Waals surface area contributed by atoms with Gasteiger partial charge in [-0.25, -0.2) is 8.42 Å². The SMILES string of the molecule is Cc1ccc(S(=O)(=O)CCC(=O)N2CCCC2c2cc(C)no2)cc1. The first-order chi connectivity index (χ1) is 11.9. The van der Waals surface area contributed by atoms with Gasteiger partial charge in [0.2, 0.25) is 5.91 Å². The van der Waals surface area contributed by atoms with Crippen molar-refractivity contribution in [3.8, 4) is 0 Å². The monoisotopic (exact) mass is 362 g/mol. The van der Waals surface area contributed by atoms with Crippen molar-refractivity contribution in [3.63, 3.8) is 0 Å². The van der Waals surface area contributed by atoms with Gasteiger partial charge in [-0.15, -0.1) is 0 Å². The number of hydrogen-bond donors (Lipinski definition) is 0. The Labute approximate surface area is 147 Å². The largest absolute Gasteiger partial charge is 0.359 e. The molecule has 1 aromatic carbocycles. The van der Waals surface area contributed by atoms with E-state index in [2.05, 4.69) is 5.16 Å². The molecule has 1 unspecified atom stereocenters. The van der Waals surface area contributed by atoms with Crippen molar-refractivity contribution in [2.24, 2.45) is 0 Å². The van der Waals surface area contributed by atoms with Crippen LogP contribution in [0.4, 0.5) is 0 Å². The summed E-state index contributed by atoms with van der Waals surface area (Å²) in [6, 6.07) is 8.39. The minimum absolute atomic E-state index is 0.0279. The van der Waals surface area contributed by atoms with E-state index in [0.717, 1.165) is 24.1 Å². The number of rotatable bonds is 5. The van der Waals surface area contributed by atoms with Crippen molar-refractivity contribution >= 4 is 15.7 Å². The summed E-state index contributed by atoms with van der Waals surface area (Å²) in [5.41, 5.74) is 1.77. The highest BCUT2D eigenvalue weighted by Crippen LogP contribution is 2.32. The zero-order valence-corrected chi connectivity index (χ0v) is 15.3. The zero-order valence-electron chi connectivity index (χ0n) is 14.4. The quantitative estimate of drug-likeness (QED) is 0.817. The van der Waals surface area contributed by atoms with E-state index in [1.807, 2.05) is 19.9 Å². The highest BCUT2D eigenvalue weighted by Gasteiger charge is 2.33. The topological polar surface area (TPSA) is 80.5 Å². The Morgan fingerprint density at radius 3 is 2.64 bits per heavy atom. The first kappa shape index (κ1) is 17.7. The lowest BCUT2D eigenvalue weighted by Crippen LogP contribution is -2.31. The standard InChI is InChI=1S/C18H22N2O4S/c1-13-5-7-15(8-6-13)25(22,23)11-9-18(21)20-10-3-4-16(20)17-12-14(2)19-24-17/h5-8,12,16H,3-4,9-11H2,1-2H3. The molecule has 6 nitrogen and oxygen atoms in total. The molecule has 25 heavy (non-hydrogen) atoms. The summed E-state index contributed by atoms with van der Waals surface area (Å²) >= 11 is 0. The molecule has 1 atom stereocenters. The number of benzene rings is 1. The van der Waals surface area contributed by atoms with E-state index in [-0.39, 0.29) is 29.0 Å². The van der Waals surface area contributed by atoms with E-state index in [4.69, 9.17) is 4.52 Å². The third kappa shape index (κ3) is 3.92. The molecule has 1 amide bonds. The number of nitrogens with zero attached hydrogens (tertiary/aromatic N) is 2. The van der Waals surface area contributed by atoms with Gasteiger partial charge in [0.15, 0.2) is 15.6 Å². The Kier molecular flexibility index (Phi) is 4.94. The summed E-state index contributed by atoms with van der Waals surface area (Å²) < 4.78 is 30.1. The molecule has 7 heteroatoms. The maximum absolute atomic E-state index is 12.6. The molecule has 0 radical (unpaired) electrons. The molecule has 0 bridgehead atoms. The predicted octanol–water partition coefficient (Wildman–Crippen LogP) is 2.82. The lowest BCUT2D eigenvalue weighted by Gasteiger charge is -2.22. The van der Waals surface area contributed by atoms with Gasteiger partial charge in [-0.3, -0.25) is 4.79 Å². The summed E-state index contributed by atoms with van der Waals surface area (Å²) in [4.78, 5) is 14.5. The third-order valence-electron chi connectivity index (χ3n) is 4.51. The van der Waals surface area contributed by atoms with Crippen LogP contribution in [0.3, 0.4) is 0 Å². The average Bonchev–Trinajstić information content (AvgIpc) is 3.21. The fraction of sp³-hybridized carbons (Fsp3) is 0.444. The first-order valence-corrected chi connectivity index (χ1v) is 10.0. The second kappa shape index (κ2) is 7.00. The van der Waals surface area contributed by atoms with E-state index >= 15 is 0 Å². The number of sulfone groups is 1. The number of aryl methyl sites for hydroxylation is 2. The van der Waals surface area contributed by atoms with Gasteiger partial charge in [0, 0.05) is 19.0 Å². The smallest absolute Gasteiger partial charge is 0.224 e. The highest BCUT2D eigenvalue weighted by molar-refractivity contribution is 7.91. The molecule has 0 N–H and O–H groups in total. The second-order valence-corrected chi connectivity index (χ2v) is 8.61. The van der Waals surface area contributed by atoms with Crippen LogP contribution in [0.15, 0.2) is 39.8 Å². The fourth-order valence-corrected chi connectivity index (χ4v) is 4.36. The average molecular weight is 362 g/mol. The normalized spacial score (nSPS) is 17.8. The van der Waals surface area contributed by atoms with Crippen LogP contribution in [-0.4, -0.2) is 36.7 Å². The molecular formula is C18H22N2O4S. The Hall–Kier alpha value is -2.15. The van der Waals surface area contributed by atoms with E-state index in [9.17, 15) is 13.2 Å². The van der Waals surface area contributed by atoms with Gasteiger partial charge in [-0.2, -0.15) is 0 Å². The Bertz CT molecular complexity index is 855. The summed E-state index contributed by atoms with van der Waals surface area (Å²) in [5, 5.41) is 3.88. The Morgan fingerprint density at radius 1 is 1.28 bits per heavy atom. The molecule has 0 spiro atoms. The molecule has 1 aliphatic heterocycles. The van der Waals surface area contributed by atoms with Crippen molar-refractivity contribution in [1.29, 1.82) is 0 Å². The molecule has 2 aromatic rings. The van der Waals surface area contributed by atoms with Crippen LogP contribution in [0.25, 0.3) is 0 Å². The maximum Gasteiger partial charge on any atom is 0.224 e. The van der Waals surface area contributed by atoms with Gasteiger partial charge < -0.3 is 9.42 Å². The minimum Gasteiger partial charge on any atom is -0.359 e. The van der Waals surface area contributed by atoms with Gasteiger partial charge in [-0.05, 0) is 38.8 Å². The predicted molar refractivity (Wildman–Crippen MR) is 92.8 cm³/mol. The lowest BCUT2D eigenvalue weighted by atomic mass is 10.1. The lowest BCUT2D eigenvalue weighted by molar-refractivity contribution is -0.132. The van der Waals surface area contributed by atoms with Crippen LogP contribution >= 0.6 is 0 Å². The van der Waals surface area contributed by atoms with E-state index in [0.29, 0.717) is 12.3 Å². The van der Waals surface area contributed by atoms with Gasteiger partial charge in [0.1, 0.15) is 0 Å². The second-order valence-electron chi connectivity index (χ2n) is 6.50. The zero-order chi connectivity index (χ0) is 18.0. The van der Waals surface area contributed by atoms with E-state index in [1.165, 1.54) is 0 Å². The van der Waals surface area contributed by atoms with Crippen LogP contribution in [0.5, 0.6) is 0 Å². The molecule has 1 saturated heterocycles. The first-order valence-electron chi connectivity index (χ1n) is 8.39. The van der Waals surface area contributed by atoms with Crippen LogP contribution in [0.1, 0.15) is 42.3 Å². The van der Waals surface area contributed by atoms with Crippen molar-refractivity contribution in [2.75, 3.05) is 12.3 Å². The molecule has 0 aliphatic carbocycles. The molecule has 0 saturated carbocycles. The summed E-state index contributed by atoms with van der Waals surface area (Å²) in [6.45, 7) is 4.36. The van der Waals surface area contributed by atoms with Gasteiger partial charge in [0.05, 0.1) is 22.4 Å². The molecule has 1 aromatic heterocycles. The summed E-state index contributed by atoms with van der Waals surface area (Å²) in [7, 11) is -3.46. The van der Waals surface area contributed by atoms with Gasteiger partial charge in [-0.1, -0.05) is 22.9 Å². The third-order valence-corrected chi connectivity index (χ3v) is 6.24. The number of carbonyl (C=O) groups excluding carboxylic acids is 1. The summed E-state index contributed by atoms with van der Waals surface area (Å²) in [6.07, 6.45) is 1.66. The number of carbonyl (C=O) groups is 1. The number of amides is 1.